The van der Waals surface area contributed by atoms with Crippen LogP contribution in [0.25, 0.3) is 0 Å². The number of nitrogens with zero attached hydrogens (tertiary/aromatic N) is 2. The molecule has 4 N–H and O–H groups in total. The molecule has 0 aromatic carbocycles. The van der Waals surface area contributed by atoms with Gasteiger partial charge in [-0.15, -0.1) is 23.1 Å². The molecule has 0 spiro atoms. The summed E-state index contributed by atoms with van der Waals surface area (Å²) in [6.07, 6.45) is 1.02. The maximum Gasteiger partial charge on any atom is 0.327 e. The second-order valence-corrected chi connectivity index (χ2v) is 12.1. The van der Waals surface area contributed by atoms with Crippen molar-refractivity contribution in [2.45, 2.75) is 46.5 Å². The van der Waals surface area contributed by atoms with Crippen molar-refractivity contribution in [3.63, 3.8) is 0 Å². The molecule has 1 aromatic rings. The van der Waals surface area contributed by atoms with Gasteiger partial charge >= 0.3 is 5.97 Å². The smallest absolute Gasteiger partial charge is 0.327 e. The summed E-state index contributed by atoms with van der Waals surface area (Å²) in [7, 11) is -3.47. The topological polar surface area (TPSA) is 171 Å². The molecule has 2 amide bonds. The number of fused-ring (bicyclic) bond motifs is 1. The number of nitrogens with one attached hydrogen (secondary N) is 1. The quantitative estimate of drug-likeness (QED) is 0.500. The number of thioether (sulfide) groups is 1. The minimum Gasteiger partial charge on any atom is -0.480 e. The minimum atomic E-state index is -3.47. The Balaban J connectivity index is 1.84. The van der Waals surface area contributed by atoms with Crippen molar-refractivity contribution in [3.05, 3.63) is 16.3 Å². The molecule has 0 saturated carbocycles. The van der Waals surface area contributed by atoms with Crippen LogP contribution in [-0.4, -0.2) is 64.2 Å². The number of hydrogen-bond acceptors (Lipinski definition) is 9. The number of rotatable bonds is 5. The highest BCUT2D eigenvalue weighted by Gasteiger charge is 2.73. The first kappa shape index (κ1) is 21.6. The fraction of sp³-hybridized carbons (Fsp3) is 0.500. The van der Waals surface area contributed by atoms with Crippen LogP contribution in [0.15, 0.2) is 16.3 Å². The molecule has 0 radical (unpaired) electrons. The van der Waals surface area contributed by atoms with Crippen LogP contribution < -0.4 is 11.1 Å². The number of nitriles is 1. The van der Waals surface area contributed by atoms with Gasteiger partial charge < -0.3 is 21.1 Å². The van der Waals surface area contributed by atoms with Gasteiger partial charge in [-0.2, -0.15) is 5.26 Å². The van der Waals surface area contributed by atoms with Crippen LogP contribution in [0.1, 0.15) is 24.8 Å². The lowest BCUT2D eigenvalue weighted by molar-refractivity contribution is -0.165. The zero-order chi connectivity index (χ0) is 21.9. The number of carbonyl (C=O) groups is 3. The molecule has 3 heterocycles. The van der Waals surface area contributed by atoms with E-state index in [0.717, 1.165) is 34.3 Å². The Hall–Kier alpha value is -2.14. The Morgan fingerprint density at radius 3 is 2.55 bits per heavy atom. The van der Waals surface area contributed by atoms with Gasteiger partial charge in [0.15, 0.2) is 9.84 Å². The van der Waals surface area contributed by atoms with E-state index in [1.807, 2.05) is 6.07 Å². The third-order valence-corrected chi connectivity index (χ3v) is 8.78. The predicted molar refractivity (Wildman–Crippen MR) is 105 cm³/mol. The van der Waals surface area contributed by atoms with Crippen molar-refractivity contribution >= 4 is 50.7 Å². The van der Waals surface area contributed by atoms with E-state index in [2.05, 4.69) is 5.32 Å². The van der Waals surface area contributed by atoms with E-state index in [-0.39, 0.29) is 9.77 Å². The van der Waals surface area contributed by atoms with Gasteiger partial charge in [0.25, 0.3) is 5.91 Å². The number of hydrogen-bond donors (Lipinski definition) is 3. The second-order valence-electron chi connectivity index (χ2n) is 7.37. The van der Waals surface area contributed by atoms with Crippen molar-refractivity contribution in [1.82, 2.24) is 10.2 Å². The van der Waals surface area contributed by atoms with Crippen LogP contribution in [0.5, 0.6) is 0 Å². The first-order valence-corrected chi connectivity index (χ1v) is 11.9. The Kier molecular flexibility index (Phi) is 4.98. The summed E-state index contributed by atoms with van der Waals surface area (Å²) in [6.45, 7) is 3.30. The molecular formula is C16H18N4O6S3. The summed E-state index contributed by atoms with van der Waals surface area (Å²) in [4.78, 5) is 38.3. The first-order valence-electron chi connectivity index (χ1n) is 8.27. The third kappa shape index (κ3) is 3.20. The van der Waals surface area contributed by atoms with Crippen LogP contribution >= 0.6 is 23.1 Å². The molecule has 3 rings (SSSR count). The number of sulfone groups is 1. The van der Waals surface area contributed by atoms with Gasteiger partial charge in [-0.1, -0.05) is 0 Å². The number of thiophene rings is 1. The molecule has 2 aliphatic rings. The number of aliphatic carboxylic acids is 1. The van der Waals surface area contributed by atoms with Gasteiger partial charge in [0, 0.05) is 21.3 Å². The maximum atomic E-state index is 12.7. The highest BCUT2D eigenvalue weighted by Crippen LogP contribution is 2.54. The molecular weight excluding hydrogens is 440 g/mol. The second kappa shape index (κ2) is 6.69. The summed E-state index contributed by atoms with van der Waals surface area (Å²) in [5.41, 5.74) is 3.98. The Labute approximate surface area is 175 Å². The number of carboxylic acids is 1. The highest BCUT2D eigenvalue weighted by molar-refractivity contribution is 8.01. The molecule has 0 bridgehead atoms. The van der Waals surface area contributed by atoms with Gasteiger partial charge in [-0.3, -0.25) is 9.59 Å². The molecule has 4 atom stereocenters. The van der Waals surface area contributed by atoms with Crippen LogP contribution in [0, 0.1) is 11.3 Å². The molecule has 2 saturated heterocycles. The van der Waals surface area contributed by atoms with E-state index in [4.69, 9.17) is 5.73 Å². The SMILES string of the molecule is CC1(C)S[C@H]2N(C(=O)C2(C#N)NC(=O)C(N)c2cc(S(C)(=O)=O)cs2)[C@H]1C(=O)O. The van der Waals surface area contributed by atoms with Crippen molar-refractivity contribution in [2.24, 2.45) is 5.73 Å². The number of carboxylic acid groups (broad SMARTS) is 1. The lowest BCUT2D eigenvalue weighted by atomic mass is 9.85. The fourth-order valence-corrected chi connectivity index (χ4v) is 7.07. The number of β-lactam (4-membered cyclic amide) rings is 1. The van der Waals surface area contributed by atoms with Gasteiger partial charge in [-0.05, 0) is 19.9 Å². The summed E-state index contributed by atoms with van der Waals surface area (Å²) in [6, 6.07) is 0.658. The van der Waals surface area contributed by atoms with Crippen molar-refractivity contribution in [1.29, 1.82) is 5.26 Å². The molecule has 0 aliphatic carbocycles. The molecule has 13 heteroatoms. The molecule has 2 fully saturated rings. The third-order valence-electron chi connectivity index (χ3n) is 4.89. The van der Waals surface area contributed by atoms with Crippen LogP contribution in [0.3, 0.4) is 0 Å². The van der Waals surface area contributed by atoms with Crippen LogP contribution in [-0.2, 0) is 24.2 Å². The molecule has 156 valence electrons. The Morgan fingerprint density at radius 2 is 2.07 bits per heavy atom. The minimum absolute atomic E-state index is 0.0130. The zero-order valence-electron chi connectivity index (χ0n) is 15.6. The van der Waals surface area contributed by atoms with Gasteiger partial charge in [0.05, 0.1) is 4.90 Å². The van der Waals surface area contributed by atoms with Crippen molar-refractivity contribution in [2.75, 3.05) is 6.26 Å². The summed E-state index contributed by atoms with van der Waals surface area (Å²) in [5.74, 6) is -2.84. The van der Waals surface area contributed by atoms with E-state index in [9.17, 15) is 33.2 Å². The molecule has 2 aliphatic heterocycles. The lowest BCUT2D eigenvalue weighted by Crippen LogP contribution is -2.79. The maximum absolute atomic E-state index is 12.7. The number of nitrogens with two attached hydrogens (primary N) is 1. The molecule has 10 nitrogen and oxygen atoms in total. The monoisotopic (exact) mass is 458 g/mol. The van der Waals surface area contributed by atoms with Gasteiger partial charge in [0.1, 0.15) is 23.5 Å². The zero-order valence-corrected chi connectivity index (χ0v) is 18.0. The van der Waals surface area contributed by atoms with E-state index >= 15 is 0 Å². The van der Waals surface area contributed by atoms with E-state index in [1.54, 1.807) is 13.8 Å². The summed E-state index contributed by atoms with van der Waals surface area (Å²) in [5, 5.41) is 22.0. The van der Waals surface area contributed by atoms with E-state index in [1.165, 1.54) is 11.4 Å². The average molecular weight is 459 g/mol. The predicted octanol–water partition coefficient (Wildman–Crippen LogP) is -0.323. The highest BCUT2D eigenvalue weighted by atomic mass is 32.2. The normalized spacial score (nSPS) is 28.8. The number of carbonyl (C=O) groups excluding carboxylic acids is 2. The Morgan fingerprint density at radius 1 is 1.45 bits per heavy atom. The van der Waals surface area contributed by atoms with E-state index < -0.39 is 55.4 Å². The van der Waals surface area contributed by atoms with Crippen molar-refractivity contribution in [3.8, 4) is 6.07 Å². The van der Waals surface area contributed by atoms with Gasteiger partial charge in [-0.25, -0.2) is 13.2 Å². The summed E-state index contributed by atoms with van der Waals surface area (Å²) < 4.78 is 22.3. The van der Waals surface area contributed by atoms with Crippen LogP contribution in [0.4, 0.5) is 0 Å². The number of amides is 2. The fourth-order valence-electron chi connectivity index (χ4n) is 3.40. The standard InChI is InChI=1S/C16H18N4O6S3/c1-15(2)10(12(22)23)20-13(24)16(6-17,14(20)28-15)19-11(21)9(18)8-4-7(5-27-8)29(3,25)26/h4-5,9-10,14H,18H2,1-3H3,(H,19,21)(H,22,23)/t9?,10-,14+,16?/m0/s1. The largest absolute Gasteiger partial charge is 0.480 e. The molecule has 29 heavy (non-hydrogen) atoms. The van der Waals surface area contributed by atoms with Crippen LogP contribution in [0.2, 0.25) is 0 Å². The summed E-state index contributed by atoms with van der Waals surface area (Å²) >= 11 is 2.09. The van der Waals surface area contributed by atoms with Crippen molar-refractivity contribution < 1.29 is 27.9 Å². The first-order chi connectivity index (χ1) is 13.3. The molecule has 2 unspecified atom stereocenters. The average Bonchev–Trinajstić information content (AvgIpc) is 3.20. The Bertz CT molecular complexity index is 1060. The molecule has 1 aromatic heterocycles. The lowest BCUT2D eigenvalue weighted by Gasteiger charge is -2.49. The van der Waals surface area contributed by atoms with E-state index in [0.29, 0.717) is 0 Å². The van der Waals surface area contributed by atoms with Gasteiger partial charge in [0.2, 0.25) is 11.4 Å².